The van der Waals surface area contributed by atoms with E-state index in [2.05, 4.69) is 43.9 Å². The van der Waals surface area contributed by atoms with Crippen LogP contribution in [0.25, 0.3) is 0 Å². The number of hydrogen-bond acceptors (Lipinski definition) is 2. The molecule has 0 aromatic heterocycles. The van der Waals surface area contributed by atoms with Gasteiger partial charge < -0.3 is 0 Å². The molecule has 0 N–H and O–H groups in total. The molecule has 2 heteroatoms. The van der Waals surface area contributed by atoms with Gasteiger partial charge in [-0.25, -0.2) is 4.99 Å². The Bertz CT molecular complexity index is 392. The summed E-state index contributed by atoms with van der Waals surface area (Å²) in [6.45, 7) is 9.31. The van der Waals surface area contributed by atoms with E-state index in [4.69, 9.17) is 12.2 Å². The van der Waals surface area contributed by atoms with Crippen molar-refractivity contribution in [1.82, 2.24) is 0 Å². The minimum Gasteiger partial charge on any atom is -0.226 e. The van der Waals surface area contributed by atoms with Crippen molar-refractivity contribution in [2.45, 2.75) is 58.9 Å². The molecule has 0 amide bonds. The summed E-state index contributed by atoms with van der Waals surface area (Å²) in [6, 6.07) is 0. The highest BCUT2D eigenvalue weighted by Crippen LogP contribution is 2.50. The zero-order valence-corrected chi connectivity index (χ0v) is 12.9. The zero-order valence-electron chi connectivity index (χ0n) is 12.1. The predicted octanol–water partition coefficient (Wildman–Crippen LogP) is 4.89. The molecular weight excluding hydrogens is 238 g/mol. The predicted molar refractivity (Wildman–Crippen MR) is 81.0 cm³/mol. The fourth-order valence-corrected chi connectivity index (χ4v) is 4.29. The van der Waals surface area contributed by atoms with Gasteiger partial charge in [-0.1, -0.05) is 25.5 Å². The lowest BCUT2D eigenvalue weighted by molar-refractivity contribution is 0.0955. The van der Waals surface area contributed by atoms with E-state index in [1.54, 1.807) is 5.57 Å². The number of thiocarbonyl (C=S) groups is 1. The second-order valence-electron chi connectivity index (χ2n) is 6.80. The Kier molecular flexibility index (Phi) is 4.08. The van der Waals surface area contributed by atoms with Gasteiger partial charge in [-0.15, -0.1) is 0 Å². The summed E-state index contributed by atoms with van der Waals surface area (Å²) in [5.41, 5.74) is 1.67. The van der Waals surface area contributed by atoms with Crippen molar-refractivity contribution < 1.29 is 0 Å². The molecule has 0 saturated heterocycles. The van der Waals surface area contributed by atoms with Gasteiger partial charge in [0.1, 0.15) is 0 Å². The van der Waals surface area contributed by atoms with E-state index >= 15 is 0 Å². The average Bonchev–Trinajstić information content (AvgIpc) is 2.28. The summed E-state index contributed by atoms with van der Waals surface area (Å²) in [7, 11) is 0. The van der Waals surface area contributed by atoms with Crippen molar-refractivity contribution in [1.29, 1.82) is 0 Å². The van der Waals surface area contributed by atoms with E-state index < -0.39 is 0 Å². The van der Waals surface area contributed by atoms with Crippen LogP contribution in [0.15, 0.2) is 16.6 Å². The molecule has 2 aliphatic rings. The van der Waals surface area contributed by atoms with Crippen LogP contribution in [0.1, 0.15) is 53.4 Å². The quantitative estimate of drug-likeness (QED) is 0.393. The van der Waals surface area contributed by atoms with E-state index in [1.807, 2.05) is 0 Å². The van der Waals surface area contributed by atoms with Crippen LogP contribution >= 0.6 is 12.2 Å². The molecular formula is C16H25NS. The molecule has 2 aliphatic carbocycles. The van der Waals surface area contributed by atoms with Gasteiger partial charge in [0.05, 0.1) is 10.7 Å². The third-order valence-corrected chi connectivity index (χ3v) is 5.30. The number of hydrogen-bond donors (Lipinski definition) is 0. The number of rotatable bonds is 2. The van der Waals surface area contributed by atoms with Crippen molar-refractivity contribution in [2.75, 3.05) is 0 Å². The fraction of sp³-hybridized carbons (Fsp3) is 0.812. The van der Waals surface area contributed by atoms with E-state index in [-0.39, 0.29) is 5.54 Å². The summed E-state index contributed by atoms with van der Waals surface area (Å²) in [6.07, 6.45) is 7.36. The average molecular weight is 263 g/mol. The van der Waals surface area contributed by atoms with Crippen LogP contribution in [0.2, 0.25) is 0 Å². The van der Waals surface area contributed by atoms with Gasteiger partial charge in [0.25, 0.3) is 0 Å². The van der Waals surface area contributed by atoms with E-state index in [0.717, 1.165) is 30.1 Å². The molecule has 2 rings (SSSR count). The number of aliphatic imine (C=N–C) groups is 1. The molecule has 0 spiro atoms. The lowest BCUT2D eigenvalue weighted by Gasteiger charge is -2.47. The molecule has 0 bridgehead atoms. The summed E-state index contributed by atoms with van der Waals surface area (Å²) in [5, 5.41) is 2.62. The highest BCUT2D eigenvalue weighted by atomic mass is 32.1. The molecule has 1 saturated carbocycles. The monoisotopic (exact) mass is 263 g/mol. The normalized spacial score (nSPS) is 39.8. The van der Waals surface area contributed by atoms with Crippen molar-refractivity contribution in [2.24, 2.45) is 28.7 Å². The van der Waals surface area contributed by atoms with Gasteiger partial charge in [0.2, 0.25) is 0 Å². The van der Waals surface area contributed by atoms with Crippen molar-refractivity contribution in [3.05, 3.63) is 11.6 Å². The molecule has 1 fully saturated rings. The van der Waals surface area contributed by atoms with Crippen molar-refractivity contribution in [3.8, 4) is 0 Å². The van der Waals surface area contributed by atoms with Crippen LogP contribution in [0.3, 0.4) is 0 Å². The summed E-state index contributed by atoms with van der Waals surface area (Å²) in [5.74, 6) is 3.17. The SMILES string of the molecule is CC1=CC[C@@H](C(C)C)[C@H]2C[C@@](C)(N=C=S)CC[C@@H]12. The van der Waals surface area contributed by atoms with Crippen LogP contribution in [-0.4, -0.2) is 10.7 Å². The largest absolute Gasteiger partial charge is 0.226 e. The van der Waals surface area contributed by atoms with Crippen molar-refractivity contribution >= 4 is 17.4 Å². The van der Waals surface area contributed by atoms with Crippen LogP contribution in [0, 0.1) is 23.7 Å². The summed E-state index contributed by atoms with van der Waals surface area (Å²) < 4.78 is 0. The van der Waals surface area contributed by atoms with Gasteiger partial charge in [-0.2, -0.15) is 0 Å². The standard InChI is InChI=1S/C16H25NS/c1-11(2)13-6-5-12(3)14-7-8-16(4,17-10-18)9-15(13)14/h5,11,13-15H,6-9H2,1-4H3/t13-,14-,15+,16-/m0/s1. The minimum atomic E-state index is 0.0493. The van der Waals surface area contributed by atoms with Crippen LogP contribution < -0.4 is 0 Å². The number of nitrogens with zero attached hydrogens (tertiary/aromatic N) is 1. The number of allylic oxidation sites excluding steroid dienone is 2. The topological polar surface area (TPSA) is 12.4 Å². The molecule has 0 aromatic carbocycles. The Hall–Kier alpha value is -0.460. The maximum absolute atomic E-state index is 4.83. The van der Waals surface area contributed by atoms with Gasteiger partial charge in [0.15, 0.2) is 0 Å². The maximum atomic E-state index is 4.83. The smallest absolute Gasteiger partial charge is 0.0686 e. The first-order chi connectivity index (χ1) is 8.47. The third kappa shape index (κ3) is 2.60. The fourth-order valence-electron chi connectivity index (χ4n) is 4.07. The van der Waals surface area contributed by atoms with Gasteiger partial charge >= 0.3 is 0 Å². The molecule has 18 heavy (non-hydrogen) atoms. The third-order valence-electron chi connectivity index (χ3n) is 5.20. The number of isothiocyanates is 1. The molecule has 0 unspecified atom stereocenters. The molecule has 0 aliphatic heterocycles. The van der Waals surface area contributed by atoms with Gasteiger partial charge in [-0.3, -0.25) is 0 Å². The Balaban J connectivity index is 2.25. The second-order valence-corrected chi connectivity index (χ2v) is 6.99. The lowest BCUT2D eigenvalue weighted by atomic mass is 9.59. The zero-order chi connectivity index (χ0) is 13.3. The van der Waals surface area contributed by atoms with Crippen LogP contribution in [-0.2, 0) is 0 Å². The van der Waals surface area contributed by atoms with Crippen LogP contribution in [0.4, 0.5) is 0 Å². The summed E-state index contributed by atoms with van der Waals surface area (Å²) >= 11 is 4.83. The molecule has 0 aromatic rings. The summed E-state index contributed by atoms with van der Waals surface area (Å²) in [4.78, 5) is 4.47. The lowest BCUT2D eigenvalue weighted by Crippen LogP contribution is -2.42. The molecule has 0 heterocycles. The Morgan fingerprint density at radius 3 is 2.83 bits per heavy atom. The molecule has 0 radical (unpaired) electrons. The first kappa shape index (κ1) is 14.0. The Morgan fingerprint density at radius 1 is 1.50 bits per heavy atom. The van der Waals surface area contributed by atoms with Gasteiger partial charge in [0, 0.05) is 0 Å². The van der Waals surface area contributed by atoms with Gasteiger partial charge in [-0.05, 0) is 75.4 Å². The van der Waals surface area contributed by atoms with E-state index in [0.29, 0.717) is 0 Å². The molecule has 1 nitrogen and oxygen atoms in total. The first-order valence-electron chi connectivity index (χ1n) is 7.22. The maximum Gasteiger partial charge on any atom is 0.0686 e. The number of fused-ring (bicyclic) bond motifs is 1. The first-order valence-corrected chi connectivity index (χ1v) is 7.63. The van der Waals surface area contributed by atoms with Crippen LogP contribution in [0.5, 0.6) is 0 Å². The highest BCUT2D eigenvalue weighted by Gasteiger charge is 2.43. The Labute approximate surface area is 117 Å². The molecule has 4 atom stereocenters. The highest BCUT2D eigenvalue weighted by molar-refractivity contribution is 7.78. The van der Waals surface area contributed by atoms with E-state index in [9.17, 15) is 0 Å². The second kappa shape index (κ2) is 5.27. The molecule has 100 valence electrons. The Morgan fingerprint density at radius 2 is 2.22 bits per heavy atom. The minimum absolute atomic E-state index is 0.0493. The van der Waals surface area contributed by atoms with Crippen molar-refractivity contribution in [3.63, 3.8) is 0 Å². The van der Waals surface area contributed by atoms with E-state index in [1.165, 1.54) is 19.3 Å².